The lowest BCUT2D eigenvalue weighted by molar-refractivity contribution is 0.0729. The van der Waals surface area contributed by atoms with Gasteiger partial charge in [0.25, 0.3) is 11.5 Å². The molecule has 1 fully saturated rings. The Kier molecular flexibility index (Phi) is 5.45. The van der Waals surface area contributed by atoms with Crippen molar-refractivity contribution in [3.05, 3.63) is 94.4 Å². The van der Waals surface area contributed by atoms with Crippen LogP contribution < -0.4 is 15.0 Å². The molecule has 1 saturated heterocycles. The van der Waals surface area contributed by atoms with E-state index in [1.54, 1.807) is 12.1 Å². The predicted octanol–water partition coefficient (Wildman–Crippen LogP) is 4.52. The van der Waals surface area contributed by atoms with Gasteiger partial charge < -0.3 is 14.4 Å². The summed E-state index contributed by atoms with van der Waals surface area (Å²) in [6.45, 7) is 1.87. The van der Waals surface area contributed by atoms with Gasteiger partial charge in [0.1, 0.15) is 0 Å². The number of carbonyl (C=O) groups excluding carboxylic acids is 1. The van der Waals surface area contributed by atoms with Crippen LogP contribution >= 0.6 is 0 Å². The monoisotopic (exact) mass is 467 g/mol. The quantitative estimate of drug-likeness (QED) is 0.443. The molecule has 0 unspecified atom stereocenters. The van der Waals surface area contributed by atoms with E-state index < -0.39 is 0 Å². The van der Waals surface area contributed by atoms with Gasteiger partial charge in [0.15, 0.2) is 17.2 Å². The highest BCUT2D eigenvalue weighted by Gasteiger charge is 2.33. The number of ether oxygens (including phenoxy) is 2. The molecule has 35 heavy (non-hydrogen) atoms. The molecule has 176 valence electrons. The van der Waals surface area contributed by atoms with Crippen LogP contribution in [0.4, 0.5) is 0 Å². The number of hydrogen-bond donors (Lipinski definition) is 0. The number of carbonyl (C=O) groups is 1. The van der Waals surface area contributed by atoms with Gasteiger partial charge in [-0.2, -0.15) is 9.78 Å². The first-order chi connectivity index (χ1) is 17.2. The summed E-state index contributed by atoms with van der Waals surface area (Å²) in [5.41, 5.74) is 1.67. The van der Waals surface area contributed by atoms with Crippen LogP contribution in [0.2, 0.25) is 0 Å². The first-order valence-electron chi connectivity index (χ1n) is 12.0. The molecule has 1 atom stereocenters. The van der Waals surface area contributed by atoms with Crippen molar-refractivity contribution in [2.24, 2.45) is 0 Å². The van der Waals surface area contributed by atoms with E-state index in [0.717, 1.165) is 36.3 Å². The number of nitrogens with zero attached hydrogens (tertiary/aromatic N) is 3. The van der Waals surface area contributed by atoms with Crippen LogP contribution in [0, 0.1) is 0 Å². The lowest BCUT2D eigenvalue weighted by atomic mass is 10.0. The summed E-state index contributed by atoms with van der Waals surface area (Å²) in [6, 6.07) is 22.2. The van der Waals surface area contributed by atoms with Crippen molar-refractivity contribution in [2.45, 2.75) is 25.3 Å². The van der Waals surface area contributed by atoms with Crippen LogP contribution in [0.25, 0.3) is 16.5 Å². The first kappa shape index (κ1) is 21.4. The molecular formula is C28H25N3O4. The van der Waals surface area contributed by atoms with Gasteiger partial charge in [-0.25, -0.2) is 0 Å². The highest BCUT2D eigenvalue weighted by Crippen LogP contribution is 2.38. The van der Waals surface area contributed by atoms with Gasteiger partial charge in [0.05, 0.1) is 30.3 Å². The highest BCUT2D eigenvalue weighted by atomic mass is 16.5. The Morgan fingerprint density at radius 1 is 0.857 bits per heavy atom. The number of hydrogen-bond acceptors (Lipinski definition) is 5. The fourth-order valence-electron chi connectivity index (χ4n) is 4.97. The van der Waals surface area contributed by atoms with Crippen LogP contribution in [0.1, 0.15) is 41.4 Å². The largest absolute Gasteiger partial charge is 0.490 e. The van der Waals surface area contributed by atoms with Crippen LogP contribution in [0.3, 0.4) is 0 Å². The number of aromatic nitrogens is 2. The van der Waals surface area contributed by atoms with E-state index in [1.165, 1.54) is 4.68 Å². The SMILES string of the molecule is O=C(c1nn(-c2ccccc2)c(=O)c2ccccc12)N1CCC[C@H]1c1ccc2c(c1)OCCCO2. The first-order valence-corrected chi connectivity index (χ1v) is 12.0. The molecule has 2 aliphatic heterocycles. The van der Waals surface area contributed by atoms with Crippen molar-refractivity contribution in [3.8, 4) is 17.2 Å². The summed E-state index contributed by atoms with van der Waals surface area (Å²) >= 11 is 0. The molecule has 0 aliphatic carbocycles. The van der Waals surface area contributed by atoms with Gasteiger partial charge in [-0.3, -0.25) is 9.59 Å². The maximum atomic E-state index is 14.0. The predicted molar refractivity (Wildman–Crippen MR) is 132 cm³/mol. The molecule has 6 rings (SSSR count). The minimum Gasteiger partial charge on any atom is -0.490 e. The highest BCUT2D eigenvalue weighted by molar-refractivity contribution is 6.05. The molecule has 0 bridgehead atoms. The number of amides is 1. The Bertz CT molecular complexity index is 1460. The zero-order chi connectivity index (χ0) is 23.8. The Balaban J connectivity index is 1.42. The third kappa shape index (κ3) is 3.83. The normalized spacial score (nSPS) is 17.4. The Labute approximate surface area is 202 Å². The van der Waals surface area contributed by atoms with E-state index in [4.69, 9.17) is 9.47 Å². The average molecular weight is 468 g/mol. The topological polar surface area (TPSA) is 73.7 Å². The van der Waals surface area contributed by atoms with Crippen molar-refractivity contribution in [2.75, 3.05) is 19.8 Å². The van der Waals surface area contributed by atoms with Gasteiger partial charge in [-0.05, 0) is 48.7 Å². The Morgan fingerprint density at radius 2 is 1.60 bits per heavy atom. The second-order valence-corrected chi connectivity index (χ2v) is 8.86. The van der Waals surface area contributed by atoms with Gasteiger partial charge in [0.2, 0.25) is 0 Å². The number of benzene rings is 3. The number of rotatable bonds is 3. The molecule has 7 nitrogen and oxygen atoms in total. The van der Waals surface area contributed by atoms with Crippen LogP contribution in [0.15, 0.2) is 77.6 Å². The second-order valence-electron chi connectivity index (χ2n) is 8.86. The maximum absolute atomic E-state index is 14.0. The molecule has 0 radical (unpaired) electrons. The summed E-state index contributed by atoms with van der Waals surface area (Å²) in [5.74, 6) is 1.28. The molecule has 1 aromatic heterocycles. The van der Waals surface area contributed by atoms with Crippen molar-refractivity contribution in [3.63, 3.8) is 0 Å². The van der Waals surface area contributed by atoms with Gasteiger partial charge >= 0.3 is 0 Å². The second kappa shape index (κ2) is 8.91. The summed E-state index contributed by atoms with van der Waals surface area (Å²) in [4.78, 5) is 29.1. The molecule has 0 saturated carbocycles. The summed E-state index contributed by atoms with van der Waals surface area (Å²) in [6.07, 6.45) is 2.58. The van der Waals surface area contributed by atoms with E-state index in [1.807, 2.05) is 65.6 Å². The van der Waals surface area contributed by atoms with E-state index in [2.05, 4.69) is 5.10 Å². The van der Waals surface area contributed by atoms with Gasteiger partial charge in [-0.1, -0.05) is 42.5 Å². The molecular weight excluding hydrogens is 442 g/mol. The third-order valence-electron chi connectivity index (χ3n) is 6.68. The van der Waals surface area contributed by atoms with E-state index >= 15 is 0 Å². The minimum absolute atomic E-state index is 0.0997. The molecule has 0 spiro atoms. The molecule has 3 heterocycles. The smallest absolute Gasteiger partial charge is 0.279 e. The lowest BCUT2D eigenvalue weighted by Crippen LogP contribution is -2.34. The fourth-order valence-corrected chi connectivity index (χ4v) is 4.97. The third-order valence-corrected chi connectivity index (χ3v) is 6.68. The zero-order valence-corrected chi connectivity index (χ0v) is 19.2. The molecule has 7 heteroatoms. The Hall–Kier alpha value is -4.13. The van der Waals surface area contributed by atoms with Crippen LogP contribution in [0.5, 0.6) is 11.5 Å². The number of para-hydroxylation sites is 1. The molecule has 1 amide bonds. The van der Waals surface area contributed by atoms with Gasteiger partial charge in [-0.15, -0.1) is 0 Å². The van der Waals surface area contributed by atoms with E-state index in [-0.39, 0.29) is 23.2 Å². The van der Waals surface area contributed by atoms with Crippen molar-refractivity contribution in [1.29, 1.82) is 0 Å². The molecule has 4 aromatic rings. The standard InChI is InChI=1S/C28H25N3O4/c32-27-22-11-5-4-10-21(22)26(29-31(27)20-8-2-1-3-9-20)28(33)30-15-6-12-23(30)19-13-14-24-25(18-19)35-17-7-16-34-24/h1-5,8-11,13-14,18,23H,6-7,12,15-17H2/t23-/m0/s1. The lowest BCUT2D eigenvalue weighted by Gasteiger charge is -2.26. The van der Waals surface area contributed by atoms with Crippen molar-refractivity contribution >= 4 is 16.7 Å². The number of fused-ring (bicyclic) bond motifs is 2. The van der Waals surface area contributed by atoms with E-state index in [0.29, 0.717) is 36.2 Å². The van der Waals surface area contributed by atoms with Crippen LogP contribution in [-0.2, 0) is 0 Å². The van der Waals surface area contributed by atoms with Crippen molar-refractivity contribution < 1.29 is 14.3 Å². The fraction of sp³-hybridized carbons (Fsp3) is 0.250. The number of likely N-dealkylation sites (tertiary alicyclic amines) is 1. The summed E-state index contributed by atoms with van der Waals surface area (Å²) in [5, 5.41) is 5.64. The van der Waals surface area contributed by atoms with Crippen LogP contribution in [-0.4, -0.2) is 40.3 Å². The zero-order valence-electron chi connectivity index (χ0n) is 19.2. The maximum Gasteiger partial charge on any atom is 0.279 e. The van der Waals surface area contributed by atoms with Crippen molar-refractivity contribution in [1.82, 2.24) is 14.7 Å². The van der Waals surface area contributed by atoms with E-state index in [9.17, 15) is 9.59 Å². The average Bonchev–Trinajstić information content (AvgIpc) is 3.28. The minimum atomic E-state index is -0.246. The Morgan fingerprint density at radius 3 is 2.43 bits per heavy atom. The summed E-state index contributed by atoms with van der Waals surface area (Å²) in [7, 11) is 0. The van der Waals surface area contributed by atoms with Gasteiger partial charge in [0, 0.05) is 18.4 Å². The molecule has 2 aliphatic rings. The summed E-state index contributed by atoms with van der Waals surface area (Å²) < 4.78 is 13.0. The molecule has 3 aromatic carbocycles. The molecule has 0 N–H and O–H groups in total.